The van der Waals surface area contributed by atoms with Gasteiger partial charge in [-0.05, 0) is 103 Å². The summed E-state index contributed by atoms with van der Waals surface area (Å²) in [5.41, 5.74) is 5.24. The van der Waals surface area contributed by atoms with Gasteiger partial charge in [-0.2, -0.15) is 0 Å². The molecule has 0 spiro atoms. The number of benzene rings is 6. The van der Waals surface area contributed by atoms with Crippen molar-refractivity contribution in [3.8, 4) is 0 Å². The molecule has 6 rings (SSSR count). The molecule has 0 aliphatic heterocycles. The zero-order valence-electron chi connectivity index (χ0n) is 20.6. The van der Waals surface area contributed by atoms with Gasteiger partial charge in [0.2, 0.25) is 0 Å². The number of unbranched alkanes of at least 4 members (excludes halogenated alkanes) is 1. The fourth-order valence-electron chi connectivity index (χ4n) is 5.69. The molecule has 0 nitrogen and oxygen atoms in total. The molecule has 0 heteroatoms. The molecular weight excluding hydrogens is 432 g/mol. The van der Waals surface area contributed by atoms with Crippen LogP contribution < -0.4 is 0 Å². The van der Waals surface area contributed by atoms with Crippen molar-refractivity contribution < 1.29 is 0 Å². The van der Waals surface area contributed by atoms with E-state index in [0.29, 0.717) is 0 Å². The van der Waals surface area contributed by atoms with Crippen LogP contribution in [0.2, 0.25) is 0 Å². The molecule has 0 N–H and O–H groups in total. The van der Waals surface area contributed by atoms with Gasteiger partial charge < -0.3 is 0 Å². The smallest absolute Gasteiger partial charge is 0.00993 e. The Morgan fingerprint density at radius 3 is 1.28 bits per heavy atom. The van der Waals surface area contributed by atoms with Crippen molar-refractivity contribution in [3.05, 3.63) is 132 Å². The molecule has 0 aliphatic rings. The number of hydrogen-bond acceptors (Lipinski definition) is 0. The predicted molar refractivity (Wildman–Crippen MR) is 160 cm³/mol. The second-order valence-corrected chi connectivity index (χ2v) is 9.74. The fourth-order valence-corrected chi connectivity index (χ4v) is 5.69. The fraction of sp³-hybridized carbons (Fsp3) is 0.111. The second kappa shape index (κ2) is 9.47. The molecule has 0 radical (unpaired) electrons. The number of rotatable bonds is 7. The Kier molecular flexibility index (Phi) is 5.87. The summed E-state index contributed by atoms with van der Waals surface area (Å²) >= 11 is 0. The van der Waals surface area contributed by atoms with Crippen LogP contribution in [0.5, 0.6) is 0 Å². The number of fused-ring (bicyclic) bond motifs is 6. The van der Waals surface area contributed by atoms with E-state index in [4.69, 9.17) is 0 Å². The van der Waals surface area contributed by atoms with Crippen molar-refractivity contribution in [2.24, 2.45) is 0 Å². The topological polar surface area (TPSA) is 0 Å². The van der Waals surface area contributed by atoms with Crippen LogP contribution in [0.1, 0.15) is 35.1 Å². The summed E-state index contributed by atoms with van der Waals surface area (Å²) in [6, 6.07) is 35.8. The van der Waals surface area contributed by atoms with Crippen LogP contribution >= 0.6 is 0 Å². The summed E-state index contributed by atoms with van der Waals surface area (Å²) < 4.78 is 0. The Hall–Kier alpha value is -4.16. The molecule has 0 bridgehead atoms. The Morgan fingerprint density at radius 2 is 0.861 bits per heavy atom. The van der Waals surface area contributed by atoms with E-state index in [1.165, 1.54) is 78.2 Å². The molecule has 0 saturated carbocycles. The zero-order chi connectivity index (χ0) is 24.5. The van der Waals surface area contributed by atoms with E-state index in [1.807, 2.05) is 12.2 Å². The third kappa shape index (κ3) is 3.99. The first kappa shape index (κ1) is 22.3. The van der Waals surface area contributed by atoms with E-state index >= 15 is 0 Å². The molecule has 0 atom stereocenters. The first-order valence-corrected chi connectivity index (χ1v) is 12.9. The maximum Gasteiger partial charge on any atom is -0.00993 e. The van der Waals surface area contributed by atoms with E-state index in [0.717, 1.165) is 12.8 Å². The van der Waals surface area contributed by atoms with Gasteiger partial charge in [0.25, 0.3) is 0 Å². The summed E-state index contributed by atoms with van der Waals surface area (Å²) in [4.78, 5) is 0. The molecule has 36 heavy (non-hydrogen) atoms. The lowest BCUT2D eigenvalue weighted by Crippen LogP contribution is -1.94. The normalized spacial score (nSPS) is 11.4. The largest absolute Gasteiger partial charge is 0.0985 e. The molecule has 0 amide bonds. The van der Waals surface area contributed by atoms with Gasteiger partial charge in [0.05, 0.1) is 0 Å². The first-order chi connectivity index (χ1) is 17.7. The van der Waals surface area contributed by atoms with Crippen LogP contribution in [0.25, 0.3) is 55.2 Å². The van der Waals surface area contributed by atoms with Gasteiger partial charge in [0.15, 0.2) is 0 Å². The van der Waals surface area contributed by atoms with E-state index in [1.54, 1.807) is 0 Å². The van der Waals surface area contributed by atoms with Crippen LogP contribution in [0.4, 0.5) is 0 Å². The molecule has 0 saturated heterocycles. The van der Waals surface area contributed by atoms with Gasteiger partial charge in [-0.1, -0.05) is 110 Å². The van der Waals surface area contributed by atoms with Crippen molar-refractivity contribution in [1.82, 2.24) is 0 Å². The SMILES string of the molecule is C=Cc1ccc2cc(CCCCc3cc4ccc(C=C)cc4c4ccccc34)c3ccccc3c2c1. The quantitative estimate of drug-likeness (QED) is 0.163. The monoisotopic (exact) mass is 462 g/mol. The highest BCUT2D eigenvalue weighted by Crippen LogP contribution is 2.33. The lowest BCUT2D eigenvalue weighted by molar-refractivity contribution is 0.740. The Bertz CT molecular complexity index is 1630. The molecule has 0 fully saturated rings. The van der Waals surface area contributed by atoms with Crippen LogP contribution in [-0.2, 0) is 12.8 Å². The van der Waals surface area contributed by atoms with E-state index in [-0.39, 0.29) is 0 Å². The summed E-state index contributed by atoms with van der Waals surface area (Å²) in [6.07, 6.45) is 8.37. The highest BCUT2D eigenvalue weighted by molar-refractivity contribution is 6.10. The van der Waals surface area contributed by atoms with Crippen molar-refractivity contribution in [2.45, 2.75) is 25.7 Å². The maximum atomic E-state index is 3.95. The van der Waals surface area contributed by atoms with Crippen molar-refractivity contribution in [3.63, 3.8) is 0 Å². The Labute approximate surface area is 213 Å². The van der Waals surface area contributed by atoms with Gasteiger partial charge in [-0.3, -0.25) is 0 Å². The molecular formula is C36H30. The second-order valence-electron chi connectivity index (χ2n) is 9.74. The first-order valence-electron chi connectivity index (χ1n) is 12.9. The van der Waals surface area contributed by atoms with Gasteiger partial charge in [-0.25, -0.2) is 0 Å². The lowest BCUT2D eigenvalue weighted by Gasteiger charge is -2.13. The minimum Gasteiger partial charge on any atom is -0.0985 e. The van der Waals surface area contributed by atoms with Gasteiger partial charge in [0, 0.05) is 0 Å². The molecule has 174 valence electrons. The Morgan fingerprint density at radius 1 is 0.444 bits per heavy atom. The number of aryl methyl sites for hydroxylation is 2. The number of hydrogen-bond donors (Lipinski definition) is 0. The standard InChI is InChI=1S/C36H30/c1-3-25-17-19-29-23-27(31-13-7-9-15-33(31)35(29)21-25)11-5-6-12-28-24-30-20-18-26(4-2)22-36(30)34-16-10-8-14-32(28)34/h3-4,7-10,13-24H,1-2,5-6,11-12H2. The molecule has 0 unspecified atom stereocenters. The van der Waals surface area contributed by atoms with E-state index in [9.17, 15) is 0 Å². The van der Waals surface area contributed by atoms with Gasteiger partial charge >= 0.3 is 0 Å². The average Bonchev–Trinajstić information content (AvgIpc) is 2.94. The van der Waals surface area contributed by atoms with Crippen molar-refractivity contribution in [2.75, 3.05) is 0 Å². The van der Waals surface area contributed by atoms with Crippen molar-refractivity contribution in [1.29, 1.82) is 0 Å². The minimum absolute atomic E-state index is 1.09. The minimum atomic E-state index is 1.09. The summed E-state index contributed by atoms with van der Waals surface area (Å²) in [5.74, 6) is 0. The molecule has 0 heterocycles. The van der Waals surface area contributed by atoms with Crippen LogP contribution in [0.3, 0.4) is 0 Å². The summed E-state index contributed by atoms with van der Waals surface area (Å²) in [5, 5.41) is 10.7. The lowest BCUT2D eigenvalue weighted by atomic mass is 9.91. The average molecular weight is 463 g/mol. The molecule has 6 aromatic rings. The van der Waals surface area contributed by atoms with E-state index in [2.05, 4.69) is 110 Å². The molecule has 0 aliphatic carbocycles. The summed E-state index contributed by atoms with van der Waals surface area (Å²) in [6.45, 7) is 7.90. The predicted octanol–water partition coefficient (Wildman–Crippen LogP) is 10.2. The van der Waals surface area contributed by atoms with E-state index < -0.39 is 0 Å². The van der Waals surface area contributed by atoms with Crippen molar-refractivity contribution >= 4 is 55.2 Å². The van der Waals surface area contributed by atoms with Crippen LogP contribution in [0.15, 0.2) is 110 Å². The zero-order valence-corrected chi connectivity index (χ0v) is 20.6. The highest BCUT2D eigenvalue weighted by atomic mass is 14.1. The Balaban J connectivity index is 1.28. The van der Waals surface area contributed by atoms with Gasteiger partial charge in [-0.15, -0.1) is 0 Å². The van der Waals surface area contributed by atoms with Crippen LogP contribution in [0, 0.1) is 0 Å². The maximum absolute atomic E-state index is 3.95. The molecule has 0 aromatic heterocycles. The third-order valence-corrected chi connectivity index (χ3v) is 7.55. The van der Waals surface area contributed by atoms with Crippen LogP contribution in [-0.4, -0.2) is 0 Å². The van der Waals surface area contributed by atoms with Gasteiger partial charge in [0.1, 0.15) is 0 Å². The summed E-state index contributed by atoms with van der Waals surface area (Å²) in [7, 11) is 0. The highest BCUT2D eigenvalue weighted by Gasteiger charge is 2.09. The molecule has 6 aromatic carbocycles. The third-order valence-electron chi connectivity index (χ3n) is 7.55.